The zero-order valence-corrected chi connectivity index (χ0v) is 140. The Kier molecular flexibility index (Phi) is 57.4. The van der Waals surface area contributed by atoms with Crippen LogP contribution < -0.4 is 0 Å². The van der Waals surface area contributed by atoms with Gasteiger partial charge in [0.25, 0.3) is 0 Å². The van der Waals surface area contributed by atoms with Crippen LogP contribution in [-0.4, -0.2) is 0 Å². The summed E-state index contributed by atoms with van der Waals surface area (Å²) in [5.41, 5.74) is 0. The summed E-state index contributed by atoms with van der Waals surface area (Å²) in [6.45, 7) is 0. The molecule has 0 aliphatic carbocycles. The maximum Gasteiger partial charge on any atom is 0.0451 e. The lowest BCUT2D eigenvalue weighted by Crippen LogP contribution is -2.41. The van der Waals surface area contributed by atoms with Crippen molar-refractivity contribution >= 4 is 1050 Å². The average molecular weight is 3660 g/mol. The van der Waals surface area contributed by atoms with Crippen LogP contribution in [0.4, 0.5) is 0 Å². The third-order valence-electron chi connectivity index (χ3n) is 9.08. The Balaban J connectivity index is -0.0000638. The first-order valence-electron chi connectivity index (χ1n) is 18.8. The van der Waals surface area contributed by atoms with Gasteiger partial charge < -0.3 is 0 Å². The van der Waals surface area contributed by atoms with Crippen molar-refractivity contribution in [3.05, 3.63) is 0 Å². The zero-order valence-electron chi connectivity index (χ0n) is 46.5. The van der Waals surface area contributed by atoms with Gasteiger partial charge in [-0.05, 0) is 761 Å². The van der Waals surface area contributed by atoms with Gasteiger partial charge in [0, 0.05) is 180 Å². The van der Waals surface area contributed by atoms with Gasteiger partial charge in [0.15, 0.2) is 0 Å². The molecule has 114 heteroatoms. The highest BCUT2D eigenvalue weighted by atomic mass is 34.5. The van der Waals surface area contributed by atoms with Crippen molar-refractivity contribution in [1.82, 2.24) is 0 Å². The van der Waals surface area contributed by atoms with Crippen LogP contribution in [0.1, 0.15) is 2.85 Å². The molecule has 0 spiro atoms. The van der Waals surface area contributed by atoms with Crippen molar-refractivity contribution in [1.29, 1.82) is 0 Å². The molecule has 0 aromatic heterocycles. The van der Waals surface area contributed by atoms with Crippen LogP contribution in [-0.2, 0) is 1050 Å². The van der Waals surface area contributed by atoms with E-state index < -0.39 is 202 Å². The van der Waals surface area contributed by atoms with Gasteiger partial charge in [-0.1, -0.05) is 55.2 Å². The topological polar surface area (TPSA) is 0 Å². The molecule has 0 heterocycles. The van der Waals surface area contributed by atoms with Crippen LogP contribution in [0.3, 0.4) is 0 Å². The molecule has 0 rings (SSSR count). The van der Waals surface area contributed by atoms with Crippen molar-refractivity contribution < 1.29 is 2.85 Å². The molecule has 0 nitrogen and oxygen atoms in total. The largest absolute Gasteiger partial charge is 0.271 e. The third-order valence-corrected chi connectivity index (χ3v) is 736. The quantitative estimate of drug-likeness (QED) is 0.0616. The SMILES string of the molecule is S=[S-](=S)S(=S)(=S)S(=S)(=S)S(=S)(=S)S(=S)(=S)S(=S)(=S)S(=S)(=S)S(=S)(=S)S(=S)(=S)S(=S)(=S)S(=S)(=S)S(=S)(=S)S(=S)(=S)S(=S)(=S)S(=S)(=S)S(=S)(=S)S(=S)(=S)S(=S)(=S)S(=S)(=S)S(=S)(=S)S(=S)(=S)S(=S)(=S)S(=S)(=S)S(=S)(=S)S(=S)(=S)S(=S)(=S)S(=S)(=S)S(=S)(=S)S(=S)(=S)S(=S)(=S)S(=S)(=S)S(=S)(=S)S(=S)(=S)S(=S)(=S)S(=S)(=S)S(=S)(=S)S(=S)(=S)[S-](=S)=S.[2HH].[HH]. The third kappa shape index (κ3) is 22.2. The molecular formula is H4S114-2. The highest BCUT2D eigenvalue weighted by Crippen LogP contribution is 2.48. The van der Waals surface area contributed by atoms with E-state index in [1.54, 1.807) is 0 Å². The van der Waals surface area contributed by atoms with Crippen LogP contribution in [0.5, 0.6) is 0 Å². The van der Waals surface area contributed by atoms with Crippen molar-refractivity contribution in [2.24, 2.45) is 0 Å². The summed E-state index contributed by atoms with van der Waals surface area (Å²) in [6, 6.07) is 0. The zero-order chi connectivity index (χ0) is 95.2. The Morgan fingerprint density at radius 3 is 0.158 bits per heavy atom. The molecule has 114 heavy (non-hydrogen) atoms. The maximum atomic E-state index is 6.26. The predicted molar refractivity (Wildman–Crippen MR) is 844 cm³/mol. The molecule has 0 atom stereocenters. The first-order chi connectivity index (χ1) is 47.6. The molecule has 0 aliphatic heterocycles. The molecule has 0 aromatic carbocycles. The monoisotopic (exact) mass is 3650 g/mol. The minimum absolute atomic E-state index is 0. The van der Waals surface area contributed by atoms with E-state index in [2.05, 4.69) is 0 Å². The van der Waals surface area contributed by atoms with E-state index in [1.807, 2.05) is 0 Å². The molecule has 0 saturated heterocycles. The second kappa shape index (κ2) is 45.4. The molecule has 0 bridgehead atoms. The first kappa shape index (κ1) is 144. The molecule has 0 aliphatic rings. The molecule has 0 radical (unpaired) electrons. The van der Waals surface area contributed by atoms with Crippen LogP contribution >= 0.6 is 0 Å². The first-order valence-corrected chi connectivity index (χ1v) is 169. The minimum Gasteiger partial charge on any atom is -0.271 e. The fourth-order valence-electron chi connectivity index (χ4n) is 3.61. The molecule has 0 fully saturated rings. The fourth-order valence-corrected chi connectivity index (χ4v) is 876. The lowest BCUT2D eigenvalue weighted by Gasteiger charge is -2.37. The van der Waals surface area contributed by atoms with Gasteiger partial charge in [0.1, 0.15) is 0 Å². The van der Waals surface area contributed by atoms with E-state index in [9.17, 15) is 0 Å². The van der Waals surface area contributed by atoms with Crippen molar-refractivity contribution in [3.63, 3.8) is 0 Å². The second-order valence-corrected chi connectivity index (χ2v) is 408. The molecule has 0 N–H and O–H groups in total. The van der Waals surface area contributed by atoms with Gasteiger partial charge in [0.05, 0.1) is 0 Å². The van der Waals surface area contributed by atoms with E-state index in [1.165, 1.54) is 0 Å². The molecule has 0 amide bonds. The van der Waals surface area contributed by atoms with Crippen LogP contribution in [0.15, 0.2) is 0 Å². The molecule has 0 aromatic rings. The van der Waals surface area contributed by atoms with Crippen LogP contribution in [0, 0.1) is 0 Å². The Morgan fingerprint density at radius 2 is 0.123 bits per heavy atom. The Hall–Kier alpha value is 30.0. The normalized spacial score (nSPS) is 17.0. The Morgan fingerprint density at radius 1 is 0.0877 bits per heavy atom. The van der Waals surface area contributed by atoms with Crippen LogP contribution in [0.2, 0.25) is 0 Å². The highest BCUT2D eigenvalue weighted by molar-refractivity contribution is 9.84. The number of rotatable bonds is 37. The van der Waals surface area contributed by atoms with E-state index in [0.29, 0.717) is 0 Å². The molecule has 690 valence electrons. The maximum absolute atomic E-state index is 6.26. The summed E-state index contributed by atoms with van der Waals surface area (Å²) in [4.78, 5) is 0. The summed E-state index contributed by atoms with van der Waals surface area (Å²) in [6.07, 6.45) is 0. The average Bonchev–Trinajstić information content (AvgIpc) is 0.675. The highest BCUT2D eigenvalue weighted by Gasteiger charge is 2.51. The van der Waals surface area contributed by atoms with E-state index >= 15 is 0 Å². The van der Waals surface area contributed by atoms with E-state index in [0.717, 1.165) is 0 Å². The standard InChI is InChI=1S/S114.2H2/c1-77(2)79(5,6)81(9,10)83(13,14)85(17,18)87(21,22)89(25,26)91(29,30)93(33,34)95(37,38)97(41,42)99(45,46)101(49,50)103(53,54)105(57,58)107(61,62)109(65,66)111(69,70)113(73,74)114(75,76)112(71,72)110(67,68)108(63,64)106(59,60)104(55,56)102(51,52)100(47,48)98(43,44)96(39,40)94(35,36)92(31,32)90(27,28)88(23,24)86(19,20)84(15,16)82(11,12)80(7,8)78(3)4;;/h;2*1H/q-2;;/i;1+1;. The smallest absolute Gasteiger partial charge is 0.0451 e. The number of hydrogen-bond donors (Lipinski definition) is 0. The molecule has 0 saturated carbocycles. The summed E-state index contributed by atoms with van der Waals surface area (Å²) < 4.78 is 0. The summed E-state index contributed by atoms with van der Waals surface area (Å²) in [5.74, 6) is 0. The van der Waals surface area contributed by atoms with Gasteiger partial charge in [-0.25, -0.2) is 44.8 Å². The van der Waals surface area contributed by atoms with Gasteiger partial charge in [-0.15, -0.1) is 0 Å². The van der Waals surface area contributed by atoms with Crippen LogP contribution in [0.25, 0.3) is 0 Å². The van der Waals surface area contributed by atoms with E-state index in [4.69, 9.17) is 850 Å². The predicted octanol–water partition coefficient (Wildman–Crippen LogP) is 0.218. The lowest BCUT2D eigenvalue weighted by atomic mass is 29.7. The van der Waals surface area contributed by atoms with E-state index in [-0.39, 0.29) is 2.85 Å². The molecular weight excluding hydrogens is 3660 g/mol. The molecule has 0 unspecified atom stereocenters. The van der Waals surface area contributed by atoms with Gasteiger partial charge in [-0.2, -0.15) is 0 Å². The summed E-state index contributed by atoms with van der Waals surface area (Å²) in [7, 11) is -3.24. The lowest BCUT2D eigenvalue weighted by molar-refractivity contribution is 4.96. The van der Waals surface area contributed by atoms with Crippen molar-refractivity contribution in [3.8, 4) is 0 Å². The second-order valence-electron chi connectivity index (χ2n) is 15.1. The van der Waals surface area contributed by atoms with Gasteiger partial charge >= 0.3 is 0 Å². The Bertz CT molecular complexity index is 8550. The summed E-state index contributed by atoms with van der Waals surface area (Å²) >= 11 is 463. The summed E-state index contributed by atoms with van der Waals surface area (Å²) in [5, 5.41) is -145. The number of hydrogen-bond acceptors (Lipinski definition) is 78. The minimum atomic E-state index is -4.28. The van der Waals surface area contributed by atoms with Crippen molar-refractivity contribution in [2.45, 2.75) is 0 Å². The Labute approximate surface area is 1020 Å². The van der Waals surface area contributed by atoms with Gasteiger partial charge in [0.2, 0.25) is 0 Å². The van der Waals surface area contributed by atoms with Crippen molar-refractivity contribution in [2.75, 3.05) is 0 Å². The van der Waals surface area contributed by atoms with Gasteiger partial charge in [-0.3, -0.25) is 14.1 Å². The fraction of sp³-hybridized carbons (Fsp3) is 0.